The second kappa shape index (κ2) is 4.86. The van der Waals surface area contributed by atoms with Crippen LogP contribution in [0.2, 0.25) is 0 Å². The zero-order valence-corrected chi connectivity index (χ0v) is 13.8. The van der Waals surface area contributed by atoms with Crippen molar-refractivity contribution in [3.8, 4) is 0 Å². The zero-order valence-electron chi connectivity index (χ0n) is 9.86. The molecule has 1 atom stereocenters. The molecule has 0 N–H and O–H groups in total. The van der Waals surface area contributed by atoms with E-state index in [1.807, 2.05) is 0 Å². The molecule has 0 amide bonds. The molecule has 0 bridgehead atoms. The van der Waals surface area contributed by atoms with Gasteiger partial charge in [-0.2, -0.15) is 0 Å². The van der Waals surface area contributed by atoms with E-state index in [1.54, 1.807) is 13.8 Å². The van der Waals surface area contributed by atoms with Gasteiger partial charge in [-0.15, -0.1) is 0 Å². The molecule has 1 heterocycles. The maximum atomic E-state index is 11.0. The van der Waals surface area contributed by atoms with E-state index in [2.05, 4.69) is 0 Å². The van der Waals surface area contributed by atoms with Gasteiger partial charge in [0.25, 0.3) is 0 Å². The average molecular weight is 274 g/mol. The van der Waals surface area contributed by atoms with Crippen molar-refractivity contribution in [2.45, 2.75) is 49.7 Å². The maximum Gasteiger partial charge on any atom is 1.00 e. The summed E-state index contributed by atoms with van der Waals surface area (Å²) in [5.41, 5.74) is 0. The van der Waals surface area contributed by atoms with Crippen LogP contribution in [-0.2, 0) is 19.6 Å². The van der Waals surface area contributed by atoms with Crippen LogP contribution in [0.3, 0.4) is 0 Å². The fourth-order valence-electron chi connectivity index (χ4n) is 1.97. The van der Waals surface area contributed by atoms with Crippen LogP contribution in [0.15, 0.2) is 0 Å². The van der Waals surface area contributed by atoms with Crippen molar-refractivity contribution in [3.05, 3.63) is 0 Å². The molecule has 1 aliphatic heterocycles. The minimum atomic E-state index is -4.20. The van der Waals surface area contributed by atoms with Crippen molar-refractivity contribution in [2.75, 3.05) is 6.61 Å². The molecule has 1 aliphatic carbocycles. The van der Waals surface area contributed by atoms with E-state index in [0.717, 1.165) is 0 Å². The smallest absolute Gasteiger partial charge is 0.748 e. The second-order valence-corrected chi connectivity index (χ2v) is 6.57. The minimum absolute atomic E-state index is 0. The van der Waals surface area contributed by atoms with Gasteiger partial charge in [0.15, 0.2) is 5.79 Å². The monoisotopic (exact) mass is 274 g/mol. The first-order valence-corrected chi connectivity index (χ1v) is 6.42. The van der Waals surface area contributed by atoms with E-state index in [-0.39, 0.29) is 63.9 Å². The molecule has 1 saturated carbocycles. The molecular formula is C9H15KO5S. The second-order valence-electron chi connectivity index (χ2n) is 4.79. The largest absolute Gasteiger partial charge is 1.00 e. The number of hydrogen-bond donors (Lipinski definition) is 0. The molecule has 0 aromatic heterocycles. The summed E-state index contributed by atoms with van der Waals surface area (Å²) in [5, 5.41) is 0. The summed E-state index contributed by atoms with van der Waals surface area (Å²) in [7, 11) is -4.20. The van der Waals surface area contributed by atoms with Crippen LogP contribution in [0.1, 0.15) is 33.1 Å². The fraction of sp³-hybridized carbons (Fsp3) is 1.00. The molecule has 5 nitrogen and oxygen atoms in total. The van der Waals surface area contributed by atoms with E-state index in [0.29, 0.717) is 19.4 Å². The van der Waals surface area contributed by atoms with E-state index < -0.39 is 20.7 Å². The summed E-state index contributed by atoms with van der Waals surface area (Å²) in [4.78, 5) is 0. The molecule has 0 radical (unpaired) electrons. The topological polar surface area (TPSA) is 75.7 Å². The van der Waals surface area contributed by atoms with Gasteiger partial charge in [0.2, 0.25) is 0 Å². The number of ether oxygens (including phenoxy) is 2. The maximum absolute atomic E-state index is 11.0. The SMILES string of the molecule is CC1(C)OC[C@@H](CC2(S(=O)(=O)[O-])CC2)O1.[K+]. The van der Waals surface area contributed by atoms with Gasteiger partial charge in [0.1, 0.15) is 10.1 Å². The van der Waals surface area contributed by atoms with Crippen LogP contribution >= 0.6 is 0 Å². The van der Waals surface area contributed by atoms with Crippen molar-refractivity contribution in [1.82, 2.24) is 0 Å². The first-order valence-electron chi connectivity index (χ1n) is 5.01. The van der Waals surface area contributed by atoms with Crippen LogP contribution in [0.5, 0.6) is 0 Å². The van der Waals surface area contributed by atoms with Crippen molar-refractivity contribution in [2.24, 2.45) is 0 Å². The van der Waals surface area contributed by atoms with Crippen molar-refractivity contribution in [1.29, 1.82) is 0 Å². The van der Waals surface area contributed by atoms with Gasteiger partial charge >= 0.3 is 51.4 Å². The molecule has 2 fully saturated rings. The molecule has 7 heteroatoms. The third-order valence-electron chi connectivity index (χ3n) is 3.00. The minimum Gasteiger partial charge on any atom is -0.748 e. The Kier molecular flexibility index (Phi) is 4.72. The predicted molar refractivity (Wildman–Crippen MR) is 51.2 cm³/mol. The Morgan fingerprint density at radius 1 is 1.38 bits per heavy atom. The molecule has 2 rings (SSSR count). The van der Waals surface area contributed by atoms with E-state index in [4.69, 9.17) is 9.47 Å². The Bertz CT molecular complexity index is 360. The standard InChI is InChI=1S/C9H16O5S.K/c1-8(2)13-6-7(14-8)5-9(3-4-9)15(10,11)12;/h7H,3-6H2,1-2H3,(H,10,11,12);/q;+1/p-1/t7-;/m1./s1. The van der Waals surface area contributed by atoms with Crippen LogP contribution < -0.4 is 51.4 Å². The first-order chi connectivity index (χ1) is 6.74. The Hall–Kier alpha value is 1.47. The van der Waals surface area contributed by atoms with E-state index >= 15 is 0 Å². The van der Waals surface area contributed by atoms with Crippen LogP contribution in [0, 0.1) is 0 Å². The summed E-state index contributed by atoms with van der Waals surface area (Å²) in [6.07, 6.45) is 0.909. The number of rotatable bonds is 3. The molecule has 2 aliphatic rings. The predicted octanol–water partition coefficient (Wildman–Crippen LogP) is -2.39. The molecule has 0 aromatic carbocycles. The van der Waals surface area contributed by atoms with Gasteiger partial charge in [-0.3, -0.25) is 0 Å². The Morgan fingerprint density at radius 2 is 1.94 bits per heavy atom. The van der Waals surface area contributed by atoms with Gasteiger partial charge in [-0.25, -0.2) is 8.42 Å². The first kappa shape index (κ1) is 15.5. The third-order valence-corrected chi connectivity index (χ3v) is 4.64. The van der Waals surface area contributed by atoms with Gasteiger partial charge < -0.3 is 14.0 Å². The van der Waals surface area contributed by atoms with Gasteiger partial charge in [-0.05, 0) is 33.1 Å². The molecular weight excluding hydrogens is 259 g/mol. The fourth-order valence-corrected chi connectivity index (χ4v) is 2.97. The molecule has 0 unspecified atom stereocenters. The van der Waals surface area contributed by atoms with Crippen molar-refractivity contribution in [3.63, 3.8) is 0 Å². The normalized spacial score (nSPS) is 30.8. The summed E-state index contributed by atoms with van der Waals surface area (Å²) < 4.78 is 42.8. The zero-order chi connectivity index (χ0) is 11.3. The van der Waals surface area contributed by atoms with Crippen molar-refractivity contribution < 1.29 is 73.8 Å². The van der Waals surface area contributed by atoms with E-state index in [1.165, 1.54) is 0 Å². The van der Waals surface area contributed by atoms with Crippen molar-refractivity contribution >= 4 is 10.1 Å². The summed E-state index contributed by atoms with van der Waals surface area (Å²) in [5.74, 6) is -0.659. The van der Waals surface area contributed by atoms with E-state index in [9.17, 15) is 13.0 Å². The number of hydrogen-bond acceptors (Lipinski definition) is 5. The summed E-state index contributed by atoms with van der Waals surface area (Å²) >= 11 is 0. The van der Waals surface area contributed by atoms with Crippen LogP contribution in [0.25, 0.3) is 0 Å². The quantitative estimate of drug-likeness (QED) is 0.424. The Balaban J connectivity index is 0.00000128. The van der Waals surface area contributed by atoms with Gasteiger partial charge in [0, 0.05) is 0 Å². The summed E-state index contributed by atoms with van der Waals surface area (Å²) in [6, 6.07) is 0. The summed E-state index contributed by atoms with van der Waals surface area (Å²) in [6.45, 7) is 3.92. The van der Waals surface area contributed by atoms with Crippen LogP contribution in [0.4, 0.5) is 0 Å². The van der Waals surface area contributed by atoms with Gasteiger partial charge in [-0.1, -0.05) is 0 Å². The average Bonchev–Trinajstić information content (AvgIpc) is 2.73. The molecule has 0 spiro atoms. The van der Waals surface area contributed by atoms with Gasteiger partial charge in [0.05, 0.1) is 17.5 Å². The Labute approximate surface area is 138 Å². The molecule has 88 valence electrons. The molecule has 16 heavy (non-hydrogen) atoms. The van der Waals surface area contributed by atoms with Crippen LogP contribution in [-0.4, -0.2) is 36.2 Å². The molecule has 0 aromatic rings. The molecule has 1 saturated heterocycles. The Morgan fingerprint density at radius 3 is 2.25 bits per heavy atom. The third kappa shape index (κ3) is 3.27.